The molecule has 3 heterocycles. The predicted molar refractivity (Wildman–Crippen MR) is 114 cm³/mol. The summed E-state index contributed by atoms with van der Waals surface area (Å²) in [7, 11) is 0. The normalized spacial score (nSPS) is 11.4. The maximum Gasteiger partial charge on any atom is 0.187 e. The maximum absolute atomic E-state index is 7.24. The van der Waals surface area contributed by atoms with Crippen molar-refractivity contribution in [2.75, 3.05) is 10.6 Å². The van der Waals surface area contributed by atoms with Crippen LogP contribution in [0.25, 0.3) is 4.85 Å². The van der Waals surface area contributed by atoms with Gasteiger partial charge in [-0.2, -0.15) is 0 Å². The van der Waals surface area contributed by atoms with Gasteiger partial charge in [-0.1, -0.05) is 36.4 Å². The second-order valence-electron chi connectivity index (χ2n) is 6.39. The Balaban J connectivity index is 1.94. The molecule has 0 saturated heterocycles. The zero-order valence-electron chi connectivity index (χ0n) is 15.6. The molecule has 6 nitrogen and oxygen atoms in total. The molecule has 0 aliphatic carbocycles. The highest BCUT2D eigenvalue weighted by molar-refractivity contribution is 5.65. The third kappa shape index (κ3) is 3.89. The highest BCUT2D eigenvalue weighted by Gasteiger charge is 2.26. The Hall–Kier alpha value is -4.24. The predicted octanol–water partition coefficient (Wildman–Crippen LogP) is 4.93. The Kier molecular flexibility index (Phi) is 5.12. The number of hydrogen-bond acceptors (Lipinski definition) is 5. The van der Waals surface area contributed by atoms with Crippen molar-refractivity contribution in [2.24, 2.45) is 0 Å². The molecule has 0 radical (unpaired) electrons. The van der Waals surface area contributed by atoms with Crippen LogP contribution in [0.2, 0.25) is 0 Å². The maximum atomic E-state index is 7.24. The van der Waals surface area contributed by atoms with Gasteiger partial charge in [-0.15, -0.1) is 0 Å². The first-order chi connectivity index (χ1) is 14.3. The summed E-state index contributed by atoms with van der Waals surface area (Å²) in [4.78, 5) is 18.8. The smallest absolute Gasteiger partial charge is 0.187 e. The van der Waals surface area contributed by atoms with Crippen LogP contribution < -0.4 is 10.6 Å². The van der Waals surface area contributed by atoms with Crippen LogP contribution in [-0.2, 0) is 0 Å². The number of nitrogen functional groups attached to an aromatic ring is 1. The van der Waals surface area contributed by atoms with Gasteiger partial charge in [0.15, 0.2) is 5.69 Å². The third-order valence-electron chi connectivity index (χ3n) is 4.52. The van der Waals surface area contributed by atoms with E-state index in [9.17, 15) is 0 Å². The van der Waals surface area contributed by atoms with Crippen molar-refractivity contribution in [1.29, 1.82) is 0 Å². The number of benzene rings is 1. The number of nitrogens with two attached hydrogens (primary N) is 1. The Labute approximate surface area is 169 Å². The summed E-state index contributed by atoms with van der Waals surface area (Å²) >= 11 is 0. The van der Waals surface area contributed by atoms with Gasteiger partial charge in [0.05, 0.1) is 24.5 Å². The highest BCUT2D eigenvalue weighted by atomic mass is 15.2. The fourth-order valence-electron chi connectivity index (χ4n) is 3.24. The molecule has 29 heavy (non-hydrogen) atoms. The minimum absolute atomic E-state index is 0.234. The molecule has 140 valence electrons. The van der Waals surface area contributed by atoms with E-state index in [1.165, 1.54) is 0 Å². The van der Waals surface area contributed by atoms with Crippen LogP contribution in [0.3, 0.4) is 0 Å². The van der Waals surface area contributed by atoms with E-state index in [-0.39, 0.29) is 6.04 Å². The molecule has 1 unspecified atom stereocenters. The van der Waals surface area contributed by atoms with Crippen LogP contribution in [-0.4, -0.2) is 15.0 Å². The lowest BCUT2D eigenvalue weighted by Crippen LogP contribution is -2.26. The molecule has 0 aliphatic rings. The Morgan fingerprint density at radius 2 is 1.59 bits per heavy atom. The standard InChI is InChI=1S/C23H18N6/c1-25-19-11-9-17(10-12-19)23(18-5-3-13-26-15-18)29(20-6-4-14-27-16-20)22-8-2-7-21(24)28-22/h2-16,23H,(H2,24,28). The first-order valence-corrected chi connectivity index (χ1v) is 9.05. The van der Waals surface area contributed by atoms with Crippen molar-refractivity contribution in [1.82, 2.24) is 15.0 Å². The van der Waals surface area contributed by atoms with E-state index in [0.717, 1.165) is 16.8 Å². The van der Waals surface area contributed by atoms with E-state index in [2.05, 4.69) is 24.7 Å². The van der Waals surface area contributed by atoms with Crippen molar-refractivity contribution in [3.63, 3.8) is 0 Å². The molecule has 1 aromatic carbocycles. The first-order valence-electron chi connectivity index (χ1n) is 9.05. The largest absolute Gasteiger partial charge is 0.384 e. The van der Waals surface area contributed by atoms with Crippen molar-refractivity contribution >= 4 is 23.0 Å². The van der Waals surface area contributed by atoms with Crippen molar-refractivity contribution < 1.29 is 0 Å². The van der Waals surface area contributed by atoms with Gasteiger partial charge in [-0.25, -0.2) is 9.83 Å². The SMILES string of the molecule is [C-]#[N+]c1ccc(C(c2cccnc2)N(c2cccnc2)c2cccc(N)n2)cc1. The Morgan fingerprint density at radius 3 is 2.21 bits per heavy atom. The molecule has 0 bridgehead atoms. The lowest BCUT2D eigenvalue weighted by atomic mass is 9.97. The Bertz CT molecular complexity index is 1120. The van der Waals surface area contributed by atoms with E-state index < -0.39 is 0 Å². The van der Waals surface area contributed by atoms with Crippen LogP contribution in [0, 0.1) is 6.57 Å². The Morgan fingerprint density at radius 1 is 0.828 bits per heavy atom. The molecule has 6 heteroatoms. The molecule has 1 atom stereocenters. The molecular formula is C23H18N6. The summed E-state index contributed by atoms with van der Waals surface area (Å²) in [5.74, 6) is 1.13. The van der Waals surface area contributed by atoms with Crippen molar-refractivity contribution in [2.45, 2.75) is 6.04 Å². The lowest BCUT2D eigenvalue weighted by Gasteiger charge is -2.33. The van der Waals surface area contributed by atoms with E-state index in [0.29, 0.717) is 17.3 Å². The van der Waals surface area contributed by atoms with Crippen LogP contribution in [0.5, 0.6) is 0 Å². The summed E-state index contributed by atoms with van der Waals surface area (Å²) in [5.41, 5.74) is 9.43. The molecule has 0 spiro atoms. The number of hydrogen-bond donors (Lipinski definition) is 1. The minimum atomic E-state index is -0.234. The van der Waals surface area contributed by atoms with Gasteiger partial charge in [0, 0.05) is 18.6 Å². The number of pyridine rings is 3. The number of nitrogens with zero attached hydrogens (tertiary/aromatic N) is 5. The topological polar surface area (TPSA) is 72.3 Å². The lowest BCUT2D eigenvalue weighted by molar-refractivity contribution is 0.800. The van der Waals surface area contributed by atoms with Gasteiger partial charge in [0.2, 0.25) is 0 Å². The third-order valence-corrected chi connectivity index (χ3v) is 4.52. The summed E-state index contributed by atoms with van der Waals surface area (Å²) in [6.45, 7) is 7.24. The molecule has 0 fully saturated rings. The van der Waals surface area contributed by atoms with E-state index >= 15 is 0 Å². The number of aromatic nitrogens is 3. The number of anilines is 3. The van der Waals surface area contributed by atoms with Gasteiger partial charge < -0.3 is 10.6 Å². The van der Waals surface area contributed by atoms with Crippen LogP contribution in [0.15, 0.2) is 91.5 Å². The fourth-order valence-corrected chi connectivity index (χ4v) is 3.24. The van der Waals surface area contributed by atoms with Gasteiger partial charge >= 0.3 is 0 Å². The van der Waals surface area contributed by atoms with E-state index in [4.69, 9.17) is 12.3 Å². The van der Waals surface area contributed by atoms with Crippen LogP contribution in [0.1, 0.15) is 17.2 Å². The second kappa shape index (κ2) is 8.19. The van der Waals surface area contributed by atoms with Crippen molar-refractivity contribution in [3.8, 4) is 0 Å². The van der Waals surface area contributed by atoms with Crippen LogP contribution >= 0.6 is 0 Å². The fraction of sp³-hybridized carbons (Fsp3) is 0.0435. The average molecular weight is 378 g/mol. The molecule has 0 amide bonds. The molecule has 2 N–H and O–H groups in total. The quantitative estimate of drug-likeness (QED) is 0.498. The molecule has 0 saturated carbocycles. The molecular weight excluding hydrogens is 360 g/mol. The molecule has 4 aromatic rings. The van der Waals surface area contributed by atoms with Gasteiger partial charge in [-0.3, -0.25) is 9.97 Å². The zero-order chi connectivity index (χ0) is 20.1. The second-order valence-corrected chi connectivity index (χ2v) is 6.39. The molecule has 0 aliphatic heterocycles. The van der Waals surface area contributed by atoms with Gasteiger partial charge in [0.25, 0.3) is 0 Å². The van der Waals surface area contributed by atoms with E-state index in [1.54, 1.807) is 24.7 Å². The highest BCUT2D eigenvalue weighted by Crippen LogP contribution is 2.38. The molecule has 4 rings (SSSR count). The zero-order valence-corrected chi connectivity index (χ0v) is 15.6. The first kappa shape index (κ1) is 18.1. The summed E-state index contributed by atoms with van der Waals surface area (Å²) < 4.78 is 0. The minimum Gasteiger partial charge on any atom is -0.384 e. The average Bonchev–Trinajstić information content (AvgIpc) is 2.79. The monoisotopic (exact) mass is 378 g/mol. The van der Waals surface area contributed by atoms with Crippen LogP contribution in [0.4, 0.5) is 23.0 Å². The summed E-state index contributed by atoms with van der Waals surface area (Å²) in [5, 5.41) is 0. The van der Waals surface area contributed by atoms with Gasteiger partial charge in [-0.05, 0) is 41.5 Å². The van der Waals surface area contributed by atoms with Gasteiger partial charge in [0.1, 0.15) is 11.6 Å². The van der Waals surface area contributed by atoms with Crippen molar-refractivity contribution in [3.05, 3.63) is 114 Å². The molecule has 3 aromatic heterocycles. The summed E-state index contributed by atoms with van der Waals surface area (Å²) in [6.07, 6.45) is 7.11. The number of rotatable bonds is 5. The summed E-state index contributed by atoms with van der Waals surface area (Å²) in [6, 6.07) is 20.7. The van der Waals surface area contributed by atoms with E-state index in [1.807, 2.05) is 66.9 Å².